The Morgan fingerprint density at radius 1 is 0.917 bits per heavy atom. The van der Waals surface area contributed by atoms with Crippen LogP contribution in [0.1, 0.15) is 40.5 Å². The van der Waals surface area contributed by atoms with Crippen LogP contribution in [-0.4, -0.2) is 11.4 Å². The molecular weight excluding hydrogens is 300 g/mol. The third kappa shape index (κ3) is 5.01. The van der Waals surface area contributed by atoms with Gasteiger partial charge in [-0.15, -0.1) is 0 Å². The highest BCUT2D eigenvalue weighted by Crippen LogP contribution is 2.26. The van der Waals surface area contributed by atoms with Crippen molar-refractivity contribution in [1.29, 1.82) is 0 Å². The Kier molecular flexibility index (Phi) is 5.85. The highest BCUT2D eigenvalue weighted by atomic mass is 16.5. The molecule has 1 amide bonds. The molecule has 0 radical (unpaired) electrons. The summed E-state index contributed by atoms with van der Waals surface area (Å²) in [5.74, 6) is 1.43. The summed E-state index contributed by atoms with van der Waals surface area (Å²) in [6.45, 7) is 8.10. The van der Waals surface area contributed by atoms with Crippen LogP contribution in [0.3, 0.4) is 0 Å². The summed E-state index contributed by atoms with van der Waals surface area (Å²) in [6, 6.07) is 15.3. The molecule has 24 heavy (non-hydrogen) atoms. The SMILES string of the molecule is CCC(C)(CC)Nc1ccc(Oc2ccc(NC(C)=O)cc2)cc1. The summed E-state index contributed by atoms with van der Waals surface area (Å²) in [4.78, 5) is 11.0. The number of hydrogen-bond acceptors (Lipinski definition) is 3. The average molecular weight is 326 g/mol. The summed E-state index contributed by atoms with van der Waals surface area (Å²) in [6.07, 6.45) is 2.14. The summed E-state index contributed by atoms with van der Waals surface area (Å²) < 4.78 is 5.84. The monoisotopic (exact) mass is 326 g/mol. The molecule has 0 bridgehead atoms. The maximum absolute atomic E-state index is 11.0. The molecule has 0 heterocycles. The number of anilines is 2. The van der Waals surface area contributed by atoms with Crippen molar-refractivity contribution in [2.24, 2.45) is 0 Å². The first-order chi connectivity index (χ1) is 11.4. The molecule has 0 spiro atoms. The van der Waals surface area contributed by atoms with Crippen LogP contribution < -0.4 is 15.4 Å². The number of ether oxygens (including phenoxy) is 1. The molecule has 0 atom stereocenters. The number of carbonyl (C=O) groups is 1. The van der Waals surface area contributed by atoms with Crippen LogP contribution in [0.15, 0.2) is 48.5 Å². The second-order valence-electron chi connectivity index (χ2n) is 6.22. The highest BCUT2D eigenvalue weighted by molar-refractivity contribution is 5.88. The lowest BCUT2D eigenvalue weighted by Crippen LogP contribution is -2.32. The second-order valence-corrected chi connectivity index (χ2v) is 6.22. The zero-order valence-electron chi connectivity index (χ0n) is 14.8. The molecule has 0 saturated carbocycles. The molecule has 128 valence electrons. The standard InChI is InChI=1S/C20H26N2O2/c1-5-20(4,6-2)22-17-9-13-19(14-10-17)24-18-11-7-16(8-12-18)21-15(3)23/h7-14,22H,5-6H2,1-4H3,(H,21,23). The Morgan fingerprint density at radius 3 is 1.79 bits per heavy atom. The Morgan fingerprint density at radius 2 is 1.38 bits per heavy atom. The van der Waals surface area contributed by atoms with Gasteiger partial charge in [0.2, 0.25) is 5.91 Å². The van der Waals surface area contributed by atoms with Gasteiger partial charge in [-0.25, -0.2) is 0 Å². The van der Waals surface area contributed by atoms with E-state index in [4.69, 9.17) is 4.74 Å². The molecule has 4 heteroatoms. The zero-order valence-corrected chi connectivity index (χ0v) is 14.8. The zero-order chi connectivity index (χ0) is 17.6. The van der Waals surface area contributed by atoms with Crippen LogP contribution in [0.2, 0.25) is 0 Å². The van der Waals surface area contributed by atoms with Crippen molar-refractivity contribution in [2.75, 3.05) is 10.6 Å². The molecule has 0 aliphatic rings. The predicted octanol–water partition coefficient (Wildman–Crippen LogP) is 5.43. The fraction of sp³-hybridized carbons (Fsp3) is 0.350. The lowest BCUT2D eigenvalue weighted by atomic mass is 9.95. The molecular formula is C20H26N2O2. The lowest BCUT2D eigenvalue weighted by molar-refractivity contribution is -0.114. The quantitative estimate of drug-likeness (QED) is 0.713. The molecule has 0 aliphatic carbocycles. The number of hydrogen-bond donors (Lipinski definition) is 2. The van der Waals surface area contributed by atoms with E-state index in [1.165, 1.54) is 6.92 Å². The van der Waals surface area contributed by atoms with Gasteiger partial charge in [0.25, 0.3) is 0 Å². The van der Waals surface area contributed by atoms with Gasteiger partial charge < -0.3 is 15.4 Å². The van der Waals surface area contributed by atoms with Gasteiger partial charge in [-0.05, 0) is 68.3 Å². The Hall–Kier alpha value is -2.49. The molecule has 0 unspecified atom stereocenters. The van der Waals surface area contributed by atoms with Crippen molar-refractivity contribution >= 4 is 17.3 Å². The fourth-order valence-corrected chi connectivity index (χ4v) is 2.33. The molecule has 0 aromatic heterocycles. The van der Waals surface area contributed by atoms with Gasteiger partial charge in [0.1, 0.15) is 11.5 Å². The molecule has 4 nitrogen and oxygen atoms in total. The topological polar surface area (TPSA) is 50.4 Å². The van der Waals surface area contributed by atoms with Crippen molar-refractivity contribution in [3.63, 3.8) is 0 Å². The smallest absolute Gasteiger partial charge is 0.221 e. The van der Waals surface area contributed by atoms with Crippen molar-refractivity contribution in [3.8, 4) is 11.5 Å². The summed E-state index contributed by atoms with van der Waals surface area (Å²) in [5, 5.41) is 6.31. The van der Waals surface area contributed by atoms with Gasteiger partial charge in [-0.3, -0.25) is 4.79 Å². The minimum absolute atomic E-state index is 0.0853. The number of rotatable bonds is 7. The van der Waals surface area contributed by atoms with Crippen LogP contribution >= 0.6 is 0 Å². The van der Waals surface area contributed by atoms with Gasteiger partial charge in [0.05, 0.1) is 0 Å². The second kappa shape index (κ2) is 7.86. The van der Waals surface area contributed by atoms with Crippen LogP contribution in [-0.2, 0) is 4.79 Å². The molecule has 2 N–H and O–H groups in total. The Balaban J connectivity index is 2.00. The van der Waals surface area contributed by atoms with Crippen molar-refractivity contribution in [1.82, 2.24) is 0 Å². The first-order valence-corrected chi connectivity index (χ1v) is 8.38. The average Bonchev–Trinajstić information content (AvgIpc) is 2.58. The molecule has 2 aromatic carbocycles. The molecule has 0 fully saturated rings. The van der Waals surface area contributed by atoms with Crippen LogP contribution in [0, 0.1) is 0 Å². The third-order valence-electron chi connectivity index (χ3n) is 4.27. The number of benzene rings is 2. The van der Waals surface area contributed by atoms with Gasteiger partial charge in [-0.1, -0.05) is 13.8 Å². The predicted molar refractivity (Wildman–Crippen MR) is 99.9 cm³/mol. The summed E-state index contributed by atoms with van der Waals surface area (Å²) in [7, 11) is 0. The van der Waals surface area contributed by atoms with E-state index in [1.807, 2.05) is 48.5 Å². The van der Waals surface area contributed by atoms with Gasteiger partial charge in [-0.2, -0.15) is 0 Å². The molecule has 0 aliphatic heterocycles. The minimum atomic E-state index is -0.0853. The third-order valence-corrected chi connectivity index (χ3v) is 4.27. The first-order valence-electron chi connectivity index (χ1n) is 8.38. The first kappa shape index (κ1) is 17.9. The molecule has 0 saturated heterocycles. The minimum Gasteiger partial charge on any atom is -0.457 e. The van der Waals surface area contributed by atoms with E-state index in [-0.39, 0.29) is 11.4 Å². The lowest BCUT2D eigenvalue weighted by Gasteiger charge is -2.29. The van der Waals surface area contributed by atoms with E-state index in [9.17, 15) is 4.79 Å². The van der Waals surface area contributed by atoms with Gasteiger partial charge >= 0.3 is 0 Å². The van der Waals surface area contributed by atoms with Crippen molar-refractivity contribution < 1.29 is 9.53 Å². The normalized spacial score (nSPS) is 11.0. The number of nitrogens with one attached hydrogen (secondary N) is 2. The van der Waals surface area contributed by atoms with Crippen LogP contribution in [0.4, 0.5) is 11.4 Å². The van der Waals surface area contributed by atoms with Crippen molar-refractivity contribution in [3.05, 3.63) is 48.5 Å². The highest BCUT2D eigenvalue weighted by Gasteiger charge is 2.18. The summed E-state index contributed by atoms with van der Waals surface area (Å²) in [5.41, 5.74) is 1.96. The van der Waals surface area contributed by atoms with E-state index in [1.54, 1.807) is 0 Å². The number of amides is 1. The number of carbonyl (C=O) groups excluding carboxylic acids is 1. The van der Waals surface area contributed by atoms with Crippen LogP contribution in [0.25, 0.3) is 0 Å². The van der Waals surface area contributed by atoms with Crippen molar-refractivity contribution in [2.45, 2.75) is 46.1 Å². The molecule has 2 aromatic rings. The largest absolute Gasteiger partial charge is 0.457 e. The Bertz CT molecular complexity index is 659. The van der Waals surface area contributed by atoms with E-state index in [0.717, 1.165) is 35.7 Å². The maximum atomic E-state index is 11.0. The van der Waals surface area contributed by atoms with Gasteiger partial charge in [0.15, 0.2) is 0 Å². The Labute approximate surface area is 144 Å². The molecule has 2 rings (SSSR count). The van der Waals surface area contributed by atoms with E-state index < -0.39 is 0 Å². The maximum Gasteiger partial charge on any atom is 0.221 e. The van der Waals surface area contributed by atoms with Gasteiger partial charge in [0, 0.05) is 23.8 Å². The van der Waals surface area contributed by atoms with E-state index in [2.05, 4.69) is 31.4 Å². The summed E-state index contributed by atoms with van der Waals surface area (Å²) >= 11 is 0. The van der Waals surface area contributed by atoms with E-state index >= 15 is 0 Å². The van der Waals surface area contributed by atoms with E-state index in [0.29, 0.717) is 0 Å². The van der Waals surface area contributed by atoms with Crippen LogP contribution in [0.5, 0.6) is 11.5 Å². The fourth-order valence-electron chi connectivity index (χ4n) is 2.33.